The van der Waals surface area contributed by atoms with Gasteiger partial charge in [0.1, 0.15) is 5.82 Å². The second kappa shape index (κ2) is 7.28. The third-order valence-electron chi connectivity index (χ3n) is 3.82. The molecule has 1 heterocycles. The van der Waals surface area contributed by atoms with Gasteiger partial charge in [-0.15, -0.1) is 0 Å². The Balaban J connectivity index is 1.88. The Morgan fingerprint density at radius 1 is 1.32 bits per heavy atom. The highest BCUT2D eigenvalue weighted by molar-refractivity contribution is 5.33. The lowest BCUT2D eigenvalue weighted by atomic mass is 9.79. The summed E-state index contributed by atoms with van der Waals surface area (Å²) < 4.78 is 5.35. The smallest absolute Gasteiger partial charge is 0.234 e. The Labute approximate surface area is 115 Å². The van der Waals surface area contributed by atoms with Gasteiger partial charge in [0.05, 0.1) is 19.0 Å². The molecule has 1 aliphatic rings. The second-order valence-corrected chi connectivity index (χ2v) is 5.10. The topological polar surface area (TPSA) is 73.1 Å². The van der Waals surface area contributed by atoms with E-state index in [1.165, 1.54) is 25.7 Å². The lowest BCUT2D eigenvalue weighted by molar-refractivity contribution is 0.255. The molecule has 3 N–H and O–H groups in total. The van der Waals surface area contributed by atoms with E-state index in [0.717, 1.165) is 18.9 Å². The van der Waals surface area contributed by atoms with Gasteiger partial charge in [0.15, 0.2) is 0 Å². The molecule has 106 valence electrons. The van der Waals surface area contributed by atoms with Gasteiger partial charge in [-0.1, -0.05) is 12.8 Å². The molecule has 19 heavy (non-hydrogen) atoms. The number of anilines is 1. The molecular formula is C14H24N4O. The molecule has 1 fully saturated rings. The van der Waals surface area contributed by atoms with Gasteiger partial charge in [0.25, 0.3) is 0 Å². The van der Waals surface area contributed by atoms with E-state index < -0.39 is 0 Å². The van der Waals surface area contributed by atoms with Crippen molar-refractivity contribution in [1.82, 2.24) is 9.97 Å². The molecule has 5 heteroatoms. The van der Waals surface area contributed by atoms with E-state index in [2.05, 4.69) is 15.3 Å². The van der Waals surface area contributed by atoms with Crippen molar-refractivity contribution < 1.29 is 4.74 Å². The minimum Gasteiger partial charge on any atom is -0.477 e. The Morgan fingerprint density at radius 2 is 2.11 bits per heavy atom. The summed E-state index contributed by atoms with van der Waals surface area (Å²) in [4.78, 5) is 8.50. The normalized spacial score (nSPS) is 23.1. The van der Waals surface area contributed by atoms with Gasteiger partial charge in [0.2, 0.25) is 5.88 Å². The average molecular weight is 264 g/mol. The molecule has 2 rings (SSSR count). The fourth-order valence-electron chi connectivity index (χ4n) is 2.75. The van der Waals surface area contributed by atoms with Gasteiger partial charge in [-0.3, -0.25) is 4.98 Å². The Morgan fingerprint density at radius 3 is 2.84 bits per heavy atom. The first-order chi connectivity index (χ1) is 9.33. The molecule has 0 bridgehead atoms. The summed E-state index contributed by atoms with van der Waals surface area (Å²) in [6.45, 7) is 4.26. The van der Waals surface area contributed by atoms with Gasteiger partial charge in [0, 0.05) is 6.54 Å². The van der Waals surface area contributed by atoms with E-state index in [1.807, 2.05) is 6.92 Å². The highest BCUT2D eigenvalue weighted by Gasteiger charge is 2.23. The fraction of sp³-hybridized carbons (Fsp3) is 0.714. The predicted octanol–water partition coefficient (Wildman–Crippen LogP) is 2.05. The molecule has 1 aromatic heterocycles. The van der Waals surface area contributed by atoms with Crippen molar-refractivity contribution in [1.29, 1.82) is 0 Å². The quantitative estimate of drug-likeness (QED) is 0.822. The SMILES string of the molecule is CCOc1cncc(NCC2CCCCC2CN)n1. The molecule has 0 saturated heterocycles. The van der Waals surface area contributed by atoms with Crippen molar-refractivity contribution in [2.45, 2.75) is 32.6 Å². The molecule has 0 amide bonds. The average Bonchev–Trinajstić information content (AvgIpc) is 2.46. The number of nitrogens with zero attached hydrogens (tertiary/aromatic N) is 2. The van der Waals surface area contributed by atoms with Crippen molar-refractivity contribution in [3.63, 3.8) is 0 Å². The molecule has 1 aromatic rings. The minimum atomic E-state index is 0.575. The third kappa shape index (κ3) is 4.06. The van der Waals surface area contributed by atoms with Crippen molar-refractivity contribution in [3.05, 3.63) is 12.4 Å². The molecule has 0 aliphatic heterocycles. The number of ether oxygens (including phenoxy) is 1. The van der Waals surface area contributed by atoms with Gasteiger partial charge >= 0.3 is 0 Å². The number of hydrogen-bond donors (Lipinski definition) is 2. The van der Waals surface area contributed by atoms with Crippen LogP contribution in [0.15, 0.2) is 12.4 Å². The molecule has 1 aliphatic carbocycles. The van der Waals surface area contributed by atoms with Gasteiger partial charge in [-0.25, -0.2) is 0 Å². The first-order valence-corrected chi connectivity index (χ1v) is 7.22. The van der Waals surface area contributed by atoms with Crippen LogP contribution in [0.2, 0.25) is 0 Å². The van der Waals surface area contributed by atoms with E-state index in [1.54, 1.807) is 12.4 Å². The highest BCUT2D eigenvalue weighted by atomic mass is 16.5. The zero-order chi connectivity index (χ0) is 13.5. The number of hydrogen-bond acceptors (Lipinski definition) is 5. The highest BCUT2D eigenvalue weighted by Crippen LogP contribution is 2.29. The summed E-state index contributed by atoms with van der Waals surface area (Å²) in [5.74, 6) is 2.65. The maximum Gasteiger partial charge on any atom is 0.234 e. The van der Waals surface area contributed by atoms with Crippen molar-refractivity contribution in [3.8, 4) is 5.88 Å². The lowest BCUT2D eigenvalue weighted by Gasteiger charge is -2.30. The number of rotatable bonds is 6. The monoisotopic (exact) mass is 264 g/mol. The van der Waals surface area contributed by atoms with Crippen LogP contribution in [0.1, 0.15) is 32.6 Å². The minimum absolute atomic E-state index is 0.575. The predicted molar refractivity (Wildman–Crippen MR) is 76.2 cm³/mol. The first kappa shape index (κ1) is 14.1. The van der Waals surface area contributed by atoms with Crippen LogP contribution in [-0.4, -0.2) is 29.7 Å². The van der Waals surface area contributed by atoms with Crippen LogP contribution >= 0.6 is 0 Å². The van der Waals surface area contributed by atoms with Gasteiger partial charge < -0.3 is 15.8 Å². The summed E-state index contributed by atoms with van der Waals surface area (Å²) >= 11 is 0. The summed E-state index contributed by atoms with van der Waals surface area (Å²) in [6, 6.07) is 0. The van der Waals surface area contributed by atoms with Crippen molar-refractivity contribution in [2.24, 2.45) is 17.6 Å². The van der Waals surface area contributed by atoms with E-state index in [0.29, 0.717) is 24.3 Å². The van der Waals surface area contributed by atoms with Crippen LogP contribution in [0, 0.1) is 11.8 Å². The van der Waals surface area contributed by atoms with Crippen LogP contribution in [0.3, 0.4) is 0 Å². The van der Waals surface area contributed by atoms with Crippen molar-refractivity contribution >= 4 is 5.82 Å². The van der Waals surface area contributed by atoms with E-state index in [9.17, 15) is 0 Å². The Bertz CT molecular complexity index is 385. The molecule has 2 unspecified atom stereocenters. The maximum absolute atomic E-state index is 5.85. The standard InChI is InChI=1S/C14H24N4O/c1-2-19-14-10-16-9-13(18-14)17-8-12-6-4-3-5-11(12)7-15/h9-12H,2-8,15H2,1H3,(H,17,18). The van der Waals surface area contributed by atoms with Crippen LogP contribution < -0.4 is 15.8 Å². The summed E-state index contributed by atoms with van der Waals surface area (Å²) in [7, 11) is 0. The largest absolute Gasteiger partial charge is 0.477 e. The Kier molecular flexibility index (Phi) is 5.39. The van der Waals surface area contributed by atoms with E-state index in [-0.39, 0.29) is 0 Å². The maximum atomic E-state index is 5.85. The molecule has 0 radical (unpaired) electrons. The number of nitrogens with one attached hydrogen (secondary N) is 1. The van der Waals surface area contributed by atoms with Crippen molar-refractivity contribution in [2.75, 3.05) is 25.0 Å². The number of nitrogens with two attached hydrogens (primary N) is 1. The lowest BCUT2D eigenvalue weighted by Crippen LogP contribution is -2.31. The second-order valence-electron chi connectivity index (χ2n) is 5.10. The Hall–Kier alpha value is -1.36. The zero-order valence-electron chi connectivity index (χ0n) is 11.6. The molecule has 0 aromatic carbocycles. The summed E-state index contributed by atoms with van der Waals surface area (Å²) in [5, 5.41) is 3.37. The van der Waals surface area contributed by atoms with Crippen LogP contribution in [-0.2, 0) is 0 Å². The van der Waals surface area contributed by atoms with Crippen LogP contribution in [0.4, 0.5) is 5.82 Å². The van der Waals surface area contributed by atoms with Gasteiger partial charge in [-0.05, 0) is 38.1 Å². The van der Waals surface area contributed by atoms with Crippen LogP contribution in [0.5, 0.6) is 5.88 Å². The molecule has 0 spiro atoms. The molecule has 2 atom stereocenters. The first-order valence-electron chi connectivity index (χ1n) is 7.22. The fourth-order valence-corrected chi connectivity index (χ4v) is 2.75. The molecule has 5 nitrogen and oxygen atoms in total. The number of aromatic nitrogens is 2. The summed E-state index contributed by atoms with van der Waals surface area (Å²) in [6.07, 6.45) is 8.52. The summed E-state index contributed by atoms with van der Waals surface area (Å²) in [5.41, 5.74) is 5.85. The van der Waals surface area contributed by atoms with E-state index >= 15 is 0 Å². The molecular weight excluding hydrogens is 240 g/mol. The molecule has 1 saturated carbocycles. The van der Waals surface area contributed by atoms with Gasteiger partial charge in [-0.2, -0.15) is 4.98 Å². The van der Waals surface area contributed by atoms with E-state index in [4.69, 9.17) is 10.5 Å². The zero-order valence-corrected chi connectivity index (χ0v) is 11.6. The van der Waals surface area contributed by atoms with Crippen LogP contribution in [0.25, 0.3) is 0 Å². The third-order valence-corrected chi connectivity index (χ3v) is 3.82.